The molecule has 0 radical (unpaired) electrons. The number of hydrogen-bond acceptors (Lipinski definition) is 4. The van der Waals surface area contributed by atoms with Crippen LogP contribution in [-0.4, -0.2) is 27.5 Å². The number of aromatic nitrogens is 3. The second kappa shape index (κ2) is 11.4. The van der Waals surface area contributed by atoms with E-state index >= 15 is 0 Å². The molecular weight excluding hydrogens is 516 g/mol. The second-order valence-electron chi connectivity index (χ2n) is 5.54. The zero-order valence-electron chi connectivity index (χ0n) is 14.6. The number of thiazole rings is 1. The topological polar surface area (TPSA) is 92.0 Å². The molecule has 0 aliphatic rings. The Labute approximate surface area is 188 Å². The van der Waals surface area contributed by atoms with E-state index in [0.29, 0.717) is 17.6 Å². The lowest BCUT2D eigenvalue weighted by molar-refractivity contribution is 0.832. The Morgan fingerprint density at radius 2 is 2.04 bits per heavy atom. The highest BCUT2D eigenvalue weighted by Crippen LogP contribution is 2.23. The van der Waals surface area contributed by atoms with E-state index in [4.69, 9.17) is 17.3 Å². The van der Waals surface area contributed by atoms with Gasteiger partial charge in [-0.2, -0.15) is 0 Å². The molecule has 146 valence electrons. The van der Waals surface area contributed by atoms with Gasteiger partial charge < -0.3 is 16.0 Å². The van der Waals surface area contributed by atoms with E-state index in [1.165, 1.54) is 16.9 Å². The number of rotatable bonds is 6. The first-order valence-corrected chi connectivity index (χ1v) is 9.15. The van der Waals surface area contributed by atoms with Gasteiger partial charge in [-0.05, 0) is 37.5 Å². The number of aromatic amines is 1. The number of aryl methyl sites for hydroxylation is 2. The van der Waals surface area contributed by atoms with Crippen LogP contribution in [0.3, 0.4) is 0 Å². The van der Waals surface area contributed by atoms with Crippen LogP contribution in [0, 0.1) is 6.92 Å². The molecule has 2 heterocycles. The van der Waals surface area contributed by atoms with E-state index < -0.39 is 0 Å². The summed E-state index contributed by atoms with van der Waals surface area (Å²) < 4.78 is 0. The zero-order chi connectivity index (χ0) is 17.6. The number of hydrogen-bond donors (Lipinski definition) is 3. The molecule has 10 heteroatoms. The third-order valence-corrected chi connectivity index (χ3v) is 4.55. The SMILES string of the molecule is Br.Br.Cc1ncc(-c2csc(NC(N)=NCCCc3ccc(Cl)cc3)n2)[nH]1. The van der Waals surface area contributed by atoms with Crippen LogP contribution in [0.4, 0.5) is 5.13 Å². The van der Waals surface area contributed by atoms with Crippen molar-refractivity contribution in [2.45, 2.75) is 19.8 Å². The summed E-state index contributed by atoms with van der Waals surface area (Å²) in [4.78, 5) is 16.2. The zero-order valence-corrected chi connectivity index (χ0v) is 19.6. The maximum atomic E-state index is 5.93. The maximum absolute atomic E-state index is 5.93. The lowest BCUT2D eigenvalue weighted by atomic mass is 10.1. The molecule has 0 unspecified atom stereocenters. The monoisotopic (exact) mass is 534 g/mol. The van der Waals surface area contributed by atoms with Crippen molar-refractivity contribution in [2.24, 2.45) is 10.7 Å². The molecule has 0 aliphatic heterocycles. The number of nitrogens with one attached hydrogen (secondary N) is 2. The van der Waals surface area contributed by atoms with E-state index in [-0.39, 0.29) is 34.0 Å². The smallest absolute Gasteiger partial charge is 0.194 e. The molecule has 1 aromatic carbocycles. The number of nitrogens with two attached hydrogens (primary N) is 1. The highest BCUT2D eigenvalue weighted by atomic mass is 79.9. The van der Waals surface area contributed by atoms with E-state index in [9.17, 15) is 0 Å². The fraction of sp³-hybridized carbons (Fsp3) is 0.235. The Balaban J connectivity index is 0.00000182. The van der Waals surface area contributed by atoms with Gasteiger partial charge in [0, 0.05) is 16.9 Å². The number of nitrogens with zero attached hydrogens (tertiary/aromatic N) is 3. The number of halogens is 3. The predicted molar refractivity (Wildman–Crippen MR) is 125 cm³/mol. The molecule has 0 spiro atoms. The highest BCUT2D eigenvalue weighted by Gasteiger charge is 2.07. The third-order valence-electron chi connectivity index (χ3n) is 3.54. The second-order valence-corrected chi connectivity index (χ2v) is 6.84. The van der Waals surface area contributed by atoms with Crippen LogP contribution < -0.4 is 11.1 Å². The molecule has 6 nitrogen and oxygen atoms in total. The molecule has 3 aromatic rings. The quantitative estimate of drug-likeness (QED) is 0.235. The molecule has 0 atom stereocenters. The van der Waals surface area contributed by atoms with Crippen LogP contribution in [0.25, 0.3) is 11.4 Å². The van der Waals surface area contributed by atoms with Crippen molar-refractivity contribution in [1.29, 1.82) is 0 Å². The van der Waals surface area contributed by atoms with Crippen LogP contribution in [0.2, 0.25) is 5.02 Å². The first-order valence-electron chi connectivity index (χ1n) is 7.89. The van der Waals surface area contributed by atoms with Crippen molar-refractivity contribution < 1.29 is 0 Å². The summed E-state index contributed by atoms with van der Waals surface area (Å²) in [6.07, 6.45) is 3.62. The van der Waals surface area contributed by atoms with Gasteiger partial charge in [0.2, 0.25) is 0 Å². The molecule has 0 fully saturated rings. The molecule has 3 rings (SSSR count). The highest BCUT2D eigenvalue weighted by molar-refractivity contribution is 8.93. The van der Waals surface area contributed by atoms with Gasteiger partial charge in [0.1, 0.15) is 11.5 Å². The van der Waals surface area contributed by atoms with Crippen LogP contribution in [0.1, 0.15) is 17.8 Å². The van der Waals surface area contributed by atoms with Crippen LogP contribution >= 0.6 is 56.9 Å². The fourth-order valence-electron chi connectivity index (χ4n) is 2.29. The summed E-state index contributed by atoms with van der Waals surface area (Å²) in [6.45, 7) is 2.56. The summed E-state index contributed by atoms with van der Waals surface area (Å²) in [5.74, 6) is 1.23. The first-order chi connectivity index (χ1) is 12.1. The third kappa shape index (κ3) is 7.25. The number of benzene rings is 1. The summed E-state index contributed by atoms with van der Waals surface area (Å²) in [6, 6.07) is 7.86. The summed E-state index contributed by atoms with van der Waals surface area (Å²) in [5.41, 5.74) is 8.89. The maximum Gasteiger partial charge on any atom is 0.194 e. The van der Waals surface area contributed by atoms with E-state index in [2.05, 4.69) is 25.3 Å². The van der Waals surface area contributed by atoms with Crippen molar-refractivity contribution in [3.63, 3.8) is 0 Å². The van der Waals surface area contributed by atoms with Crippen LogP contribution in [-0.2, 0) is 6.42 Å². The predicted octanol–water partition coefficient (Wildman–Crippen LogP) is 5.01. The summed E-state index contributed by atoms with van der Waals surface area (Å²) in [5, 5.41) is 6.44. The van der Waals surface area contributed by atoms with E-state index in [0.717, 1.165) is 35.1 Å². The molecule has 0 bridgehead atoms. The molecule has 0 saturated carbocycles. The van der Waals surface area contributed by atoms with Gasteiger partial charge in [-0.25, -0.2) is 9.97 Å². The van der Waals surface area contributed by atoms with Crippen LogP contribution in [0.15, 0.2) is 40.8 Å². The fourth-order valence-corrected chi connectivity index (χ4v) is 3.13. The Bertz CT molecular complexity index is 862. The molecule has 4 N–H and O–H groups in total. The van der Waals surface area contributed by atoms with Crippen molar-refractivity contribution in [2.75, 3.05) is 11.9 Å². The van der Waals surface area contributed by atoms with Crippen molar-refractivity contribution in [1.82, 2.24) is 15.0 Å². The lowest BCUT2D eigenvalue weighted by Gasteiger charge is -2.02. The number of imidazole rings is 1. The van der Waals surface area contributed by atoms with Gasteiger partial charge in [0.05, 0.1) is 11.9 Å². The van der Waals surface area contributed by atoms with E-state index in [1.807, 2.05) is 36.6 Å². The van der Waals surface area contributed by atoms with Crippen LogP contribution in [0.5, 0.6) is 0 Å². The normalized spacial score (nSPS) is 10.8. The Hall–Kier alpha value is -1.42. The number of anilines is 1. The summed E-state index contributed by atoms with van der Waals surface area (Å²) in [7, 11) is 0. The van der Waals surface area contributed by atoms with E-state index in [1.54, 1.807) is 6.20 Å². The Kier molecular flexibility index (Phi) is 10.00. The van der Waals surface area contributed by atoms with Crippen molar-refractivity contribution in [3.05, 3.63) is 52.3 Å². The Morgan fingerprint density at radius 3 is 2.70 bits per heavy atom. The molecular formula is C17H21Br2ClN6S. The molecule has 0 amide bonds. The first kappa shape index (κ1) is 23.6. The molecule has 27 heavy (non-hydrogen) atoms. The number of aliphatic imine (C=N–C) groups is 1. The van der Waals surface area contributed by atoms with Crippen molar-refractivity contribution in [3.8, 4) is 11.4 Å². The minimum atomic E-state index is 0. The number of guanidine groups is 1. The average molecular weight is 537 g/mol. The lowest BCUT2D eigenvalue weighted by Crippen LogP contribution is -2.22. The summed E-state index contributed by atoms with van der Waals surface area (Å²) >= 11 is 7.35. The molecule has 0 saturated heterocycles. The van der Waals surface area contributed by atoms with Gasteiger partial charge in [-0.1, -0.05) is 23.7 Å². The van der Waals surface area contributed by atoms with Gasteiger partial charge in [-0.3, -0.25) is 4.99 Å². The standard InChI is InChI=1S/C17H19ClN6S.2BrH/c1-11-21-9-14(22-11)15-10-25-17(23-15)24-16(19)20-8-2-3-12-4-6-13(18)7-5-12;;/h4-7,9-10H,2-3,8H2,1H3,(H,21,22)(H3,19,20,23,24);2*1H. The van der Waals surface area contributed by atoms with Gasteiger partial charge in [-0.15, -0.1) is 45.3 Å². The van der Waals surface area contributed by atoms with Crippen molar-refractivity contribution >= 4 is 68.0 Å². The van der Waals surface area contributed by atoms with Gasteiger partial charge in [0.15, 0.2) is 11.1 Å². The Morgan fingerprint density at radius 1 is 1.30 bits per heavy atom. The van der Waals surface area contributed by atoms with Gasteiger partial charge >= 0.3 is 0 Å². The number of H-pyrrole nitrogens is 1. The largest absolute Gasteiger partial charge is 0.370 e. The minimum Gasteiger partial charge on any atom is -0.370 e. The molecule has 0 aliphatic carbocycles. The van der Waals surface area contributed by atoms with Gasteiger partial charge in [0.25, 0.3) is 0 Å². The average Bonchev–Trinajstić information content (AvgIpc) is 3.22. The minimum absolute atomic E-state index is 0. The molecule has 2 aromatic heterocycles.